The number of carbonyl (C=O) groups is 2. The zero-order valence-electron chi connectivity index (χ0n) is 14.0. The molecule has 26 heavy (non-hydrogen) atoms. The summed E-state index contributed by atoms with van der Waals surface area (Å²) in [6.45, 7) is 2.02. The van der Waals surface area contributed by atoms with Crippen LogP contribution in [0.25, 0.3) is 10.6 Å². The van der Waals surface area contributed by atoms with E-state index in [9.17, 15) is 9.59 Å². The molecule has 2 N–H and O–H groups in total. The minimum absolute atomic E-state index is 0.0865. The maximum absolute atomic E-state index is 12.0. The third kappa shape index (κ3) is 4.68. The number of thiazole rings is 1. The summed E-state index contributed by atoms with van der Waals surface area (Å²) < 4.78 is 0. The highest BCUT2D eigenvalue weighted by Crippen LogP contribution is 2.24. The molecular formula is C19H16ClN3O2S. The largest absolute Gasteiger partial charge is 0.273 e. The molecule has 1 aromatic heterocycles. The van der Waals surface area contributed by atoms with Crippen molar-refractivity contribution in [3.05, 3.63) is 75.8 Å². The first kappa shape index (κ1) is 18.1. The van der Waals surface area contributed by atoms with E-state index in [2.05, 4.69) is 21.9 Å². The standard InChI is InChI=1S/C19H16ClN3O2S/c1-12-3-2-4-14(9-12)19-21-16(11-26-19)10-17(24)22-23-18(25)13-5-7-15(20)8-6-13/h2-9,11H,10H2,1H3,(H,22,24)(H,23,25). The SMILES string of the molecule is Cc1cccc(-c2nc(CC(=O)NNC(=O)c3ccc(Cl)cc3)cs2)c1. The number of aromatic nitrogens is 1. The van der Waals surface area contributed by atoms with E-state index in [1.54, 1.807) is 24.3 Å². The molecular weight excluding hydrogens is 370 g/mol. The van der Waals surface area contributed by atoms with Crippen LogP contribution >= 0.6 is 22.9 Å². The molecule has 0 radical (unpaired) electrons. The Morgan fingerprint density at radius 1 is 1.12 bits per heavy atom. The summed E-state index contributed by atoms with van der Waals surface area (Å²) in [6.07, 6.45) is 0.0865. The Hall–Kier alpha value is -2.70. The molecule has 0 saturated heterocycles. The second-order valence-electron chi connectivity index (χ2n) is 5.70. The van der Waals surface area contributed by atoms with Gasteiger partial charge in [0.1, 0.15) is 5.01 Å². The van der Waals surface area contributed by atoms with Crippen molar-refractivity contribution in [2.45, 2.75) is 13.3 Å². The lowest BCUT2D eigenvalue weighted by Gasteiger charge is -2.06. The van der Waals surface area contributed by atoms with E-state index in [1.165, 1.54) is 11.3 Å². The summed E-state index contributed by atoms with van der Waals surface area (Å²) in [7, 11) is 0. The van der Waals surface area contributed by atoms with Crippen LogP contribution in [0.4, 0.5) is 0 Å². The van der Waals surface area contributed by atoms with Gasteiger partial charge in [-0.25, -0.2) is 4.98 Å². The van der Waals surface area contributed by atoms with Crippen LogP contribution in [0, 0.1) is 6.92 Å². The zero-order chi connectivity index (χ0) is 18.5. The molecule has 3 aromatic rings. The van der Waals surface area contributed by atoms with Crippen molar-refractivity contribution in [3.8, 4) is 10.6 Å². The molecule has 7 heteroatoms. The van der Waals surface area contributed by atoms with Crippen LogP contribution in [-0.2, 0) is 11.2 Å². The van der Waals surface area contributed by atoms with Crippen LogP contribution < -0.4 is 10.9 Å². The molecule has 3 rings (SSSR count). The predicted octanol–water partition coefficient (Wildman–Crippen LogP) is 3.78. The first-order chi connectivity index (χ1) is 12.5. The molecule has 2 aromatic carbocycles. The molecule has 0 atom stereocenters. The van der Waals surface area contributed by atoms with Crippen molar-refractivity contribution in [2.24, 2.45) is 0 Å². The van der Waals surface area contributed by atoms with Crippen molar-refractivity contribution in [3.63, 3.8) is 0 Å². The highest BCUT2D eigenvalue weighted by molar-refractivity contribution is 7.13. The number of nitrogens with one attached hydrogen (secondary N) is 2. The minimum atomic E-state index is -0.409. The van der Waals surface area contributed by atoms with Crippen molar-refractivity contribution < 1.29 is 9.59 Å². The van der Waals surface area contributed by atoms with E-state index in [1.807, 2.05) is 30.5 Å². The van der Waals surface area contributed by atoms with Crippen molar-refractivity contribution in [2.75, 3.05) is 0 Å². The zero-order valence-corrected chi connectivity index (χ0v) is 15.5. The van der Waals surface area contributed by atoms with Gasteiger partial charge in [-0.1, -0.05) is 35.4 Å². The summed E-state index contributed by atoms with van der Waals surface area (Å²) in [5, 5.41) is 3.25. The van der Waals surface area contributed by atoms with E-state index in [-0.39, 0.29) is 12.3 Å². The van der Waals surface area contributed by atoms with Crippen molar-refractivity contribution in [1.82, 2.24) is 15.8 Å². The van der Waals surface area contributed by atoms with Gasteiger partial charge in [0.15, 0.2) is 0 Å². The molecule has 0 spiro atoms. The smallest absolute Gasteiger partial charge is 0.269 e. The number of aryl methyl sites for hydroxylation is 1. The Kier molecular flexibility index (Phi) is 5.65. The number of carbonyl (C=O) groups excluding carboxylic acids is 2. The lowest BCUT2D eigenvalue weighted by Crippen LogP contribution is -2.42. The summed E-state index contributed by atoms with van der Waals surface area (Å²) in [6, 6.07) is 14.4. The van der Waals surface area contributed by atoms with Gasteiger partial charge in [-0.2, -0.15) is 0 Å². The van der Waals surface area contributed by atoms with Crippen molar-refractivity contribution >= 4 is 34.8 Å². The average molecular weight is 386 g/mol. The van der Waals surface area contributed by atoms with Crippen LogP contribution in [0.15, 0.2) is 53.9 Å². The molecule has 0 aliphatic heterocycles. The van der Waals surface area contributed by atoms with Gasteiger partial charge in [0.2, 0.25) is 5.91 Å². The lowest BCUT2D eigenvalue weighted by atomic mass is 10.1. The fraction of sp³-hybridized carbons (Fsp3) is 0.105. The first-order valence-electron chi connectivity index (χ1n) is 7.87. The third-order valence-electron chi connectivity index (χ3n) is 3.58. The number of hydrazine groups is 1. The van der Waals surface area contributed by atoms with Gasteiger partial charge >= 0.3 is 0 Å². The van der Waals surface area contributed by atoms with Gasteiger partial charge in [0, 0.05) is 21.5 Å². The minimum Gasteiger partial charge on any atom is -0.273 e. The molecule has 0 unspecified atom stereocenters. The summed E-state index contributed by atoms with van der Waals surface area (Å²) >= 11 is 7.27. The summed E-state index contributed by atoms with van der Waals surface area (Å²) in [4.78, 5) is 28.5. The molecule has 2 amide bonds. The molecule has 5 nitrogen and oxygen atoms in total. The number of halogens is 1. The van der Waals surface area contributed by atoms with Crippen LogP contribution in [-0.4, -0.2) is 16.8 Å². The average Bonchev–Trinajstić information content (AvgIpc) is 3.09. The fourth-order valence-electron chi connectivity index (χ4n) is 2.31. The Balaban J connectivity index is 1.55. The van der Waals surface area contributed by atoms with E-state index >= 15 is 0 Å². The highest BCUT2D eigenvalue weighted by atomic mass is 35.5. The molecule has 0 fully saturated rings. The quantitative estimate of drug-likeness (QED) is 0.671. The Bertz CT molecular complexity index is 938. The molecule has 0 bridgehead atoms. The van der Waals surface area contributed by atoms with E-state index in [0.29, 0.717) is 16.3 Å². The Morgan fingerprint density at radius 2 is 1.88 bits per heavy atom. The second-order valence-corrected chi connectivity index (χ2v) is 6.99. The van der Waals surface area contributed by atoms with Gasteiger partial charge in [-0.3, -0.25) is 20.4 Å². The molecule has 0 saturated carbocycles. The van der Waals surface area contributed by atoms with E-state index in [0.717, 1.165) is 16.1 Å². The van der Waals surface area contributed by atoms with Gasteiger partial charge in [0.25, 0.3) is 5.91 Å². The monoisotopic (exact) mass is 385 g/mol. The summed E-state index contributed by atoms with van der Waals surface area (Å²) in [5.74, 6) is -0.748. The maximum Gasteiger partial charge on any atom is 0.269 e. The topological polar surface area (TPSA) is 71.1 Å². The van der Waals surface area contributed by atoms with Crippen LogP contribution in [0.2, 0.25) is 5.02 Å². The van der Waals surface area contributed by atoms with Gasteiger partial charge in [-0.05, 0) is 37.3 Å². The number of rotatable bonds is 4. The molecule has 0 aliphatic carbocycles. The van der Waals surface area contributed by atoms with E-state index in [4.69, 9.17) is 11.6 Å². The number of hydrogen-bond acceptors (Lipinski definition) is 4. The highest BCUT2D eigenvalue weighted by Gasteiger charge is 2.11. The van der Waals surface area contributed by atoms with Gasteiger partial charge in [-0.15, -0.1) is 11.3 Å². The van der Waals surface area contributed by atoms with E-state index < -0.39 is 5.91 Å². The Morgan fingerprint density at radius 3 is 2.62 bits per heavy atom. The van der Waals surface area contributed by atoms with Crippen LogP contribution in [0.5, 0.6) is 0 Å². The number of hydrogen-bond donors (Lipinski definition) is 2. The second kappa shape index (κ2) is 8.12. The van der Waals surface area contributed by atoms with Crippen LogP contribution in [0.3, 0.4) is 0 Å². The predicted molar refractivity (Wildman–Crippen MR) is 103 cm³/mol. The third-order valence-corrected chi connectivity index (χ3v) is 4.77. The number of nitrogens with zero attached hydrogens (tertiary/aromatic N) is 1. The molecule has 0 aliphatic rings. The van der Waals surface area contributed by atoms with Gasteiger partial charge < -0.3 is 0 Å². The normalized spacial score (nSPS) is 10.4. The first-order valence-corrected chi connectivity index (χ1v) is 9.13. The lowest BCUT2D eigenvalue weighted by molar-refractivity contribution is -0.121. The van der Waals surface area contributed by atoms with Gasteiger partial charge in [0.05, 0.1) is 12.1 Å². The maximum atomic E-state index is 12.0. The number of amides is 2. The molecule has 132 valence electrons. The fourth-order valence-corrected chi connectivity index (χ4v) is 3.25. The van der Waals surface area contributed by atoms with Crippen LogP contribution in [0.1, 0.15) is 21.6 Å². The summed E-state index contributed by atoms with van der Waals surface area (Å²) in [5.41, 5.74) is 8.02. The number of benzene rings is 2. The molecule has 1 heterocycles. The Labute approximate surface area is 160 Å². The van der Waals surface area contributed by atoms with Crippen molar-refractivity contribution in [1.29, 1.82) is 0 Å².